The van der Waals surface area contributed by atoms with Crippen molar-refractivity contribution in [2.24, 2.45) is 0 Å². The Hall–Kier alpha value is -3.74. The van der Waals surface area contributed by atoms with Crippen LogP contribution in [-0.4, -0.2) is 50.0 Å². The second-order valence-electron chi connectivity index (χ2n) is 6.72. The van der Waals surface area contributed by atoms with Gasteiger partial charge in [0.25, 0.3) is 11.4 Å². The van der Waals surface area contributed by atoms with Gasteiger partial charge in [0.1, 0.15) is 13.2 Å². The number of amides is 2. The number of carbonyl (C=O) groups excluding carboxylic acids is 2. The van der Waals surface area contributed by atoms with Gasteiger partial charge in [0.15, 0.2) is 0 Å². The quantitative estimate of drug-likeness (QED) is 0.325. The number of carbonyl (C=O) groups is 2. The van der Waals surface area contributed by atoms with Gasteiger partial charge in [-0.1, -0.05) is 15.9 Å². The molecule has 0 saturated carbocycles. The van der Waals surface area contributed by atoms with Crippen LogP contribution < -0.4 is 0 Å². The first-order chi connectivity index (χ1) is 15.2. The fraction of sp³-hybridized carbons (Fsp3) is 0.263. The Balaban J connectivity index is 1.55. The number of alkyl halides is 1. The number of halogens is 1. The van der Waals surface area contributed by atoms with Crippen molar-refractivity contribution in [3.63, 3.8) is 0 Å². The summed E-state index contributed by atoms with van der Waals surface area (Å²) in [5.74, 6) is 0. The van der Waals surface area contributed by atoms with Gasteiger partial charge in [-0.15, -0.1) is 0 Å². The van der Waals surface area contributed by atoms with Gasteiger partial charge in [-0.25, -0.2) is 19.6 Å². The molecular formula is C19H17BrN4O8. The molecule has 2 amide bonds. The molecule has 0 aliphatic carbocycles. The summed E-state index contributed by atoms with van der Waals surface area (Å²) in [5.41, 5.74) is 0.934. The van der Waals surface area contributed by atoms with E-state index in [0.29, 0.717) is 11.1 Å². The lowest BCUT2D eigenvalue weighted by atomic mass is 10.2. The molecule has 1 fully saturated rings. The van der Waals surface area contributed by atoms with Crippen molar-refractivity contribution in [1.29, 1.82) is 0 Å². The molecule has 2 aromatic rings. The maximum absolute atomic E-state index is 12.5. The van der Waals surface area contributed by atoms with E-state index in [9.17, 15) is 29.8 Å². The molecule has 0 unspecified atom stereocenters. The largest absolute Gasteiger partial charge is 0.443 e. The summed E-state index contributed by atoms with van der Waals surface area (Å²) < 4.78 is 10.4. The summed E-state index contributed by atoms with van der Waals surface area (Å²) in [6.07, 6.45) is -1.56. The Morgan fingerprint density at radius 3 is 1.47 bits per heavy atom. The Morgan fingerprint density at radius 2 is 1.16 bits per heavy atom. The average molecular weight is 509 g/mol. The monoisotopic (exact) mass is 508 g/mol. The number of nitrogens with zero attached hydrogens (tertiary/aromatic N) is 4. The fourth-order valence-corrected chi connectivity index (χ4v) is 3.39. The van der Waals surface area contributed by atoms with Gasteiger partial charge in [0.05, 0.1) is 27.8 Å². The van der Waals surface area contributed by atoms with Crippen molar-refractivity contribution >= 4 is 39.5 Å². The van der Waals surface area contributed by atoms with Crippen molar-refractivity contribution in [3.05, 3.63) is 79.9 Å². The zero-order chi connectivity index (χ0) is 23.3. The highest BCUT2D eigenvalue weighted by molar-refractivity contribution is 9.09. The smallest absolute Gasteiger partial charge is 0.429 e. The Kier molecular flexibility index (Phi) is 7.20. The molecule has 0 bridgehead atoms. The molecule has 13 heteroatoms. The van der Waals surface area contributed by atoms with Crippen LogP contribution in [0.2, 0.25) is 0 Å². The first kappa shape index (κ1) is 22.9. The molecule has 3 rings (SSSR count). The third kappa shape index (κ3) is 5.69. The molecule has 0 radical (unpaired) electrons. The Bertz CT molecular complexity index is 933. The third-order valence-electron chi connectivity index (χ3n) is 4.47. The second-order valence-corrected chi connectivity index (χ2v) is 8.01. The van der Waals surface area contributed by atoms with E-state index in [0.717, 1.165) is 10.0 Å². The topological polar surface area (TPSA) is 145 Å². The molecule has 0 aromatic heterocycles. The third-order valence-corrected chi connectivity index (χ3v) is 5.05. The van der Waals surface area contributed by atoms with Gasteiger partial charge in [-0.2, -0.15) is 0 Å². The van der Waals surface area contributed by atoms with Crippen molar-refractivity contribution in [2.45, 2.75) is 18.0 Å². The van der Waals surface area contributed by atoms with E-state index in [4.69, 9.17) is 9.47 Å². The molecule has 1 aliphatic rings. The lowest BCUT2D eigenvalue weighted by Gasteiger charge is -2.26. The van der Waals surface area contributed by atoms with E-state index in [-0.39, 0.29) is 42.5 Å². The number of hydrogen-bond donors (Lipinski definition) is 0. The lowest BCUT2D eigenvalue weighted by Crippen LogP contribution is -2.45. The zero-order valence-corrected chi connectivity index (χ0v) is 18.0. The van der Waals surface area contributed by atoms with Crippen LogP contribution >= 0.6 is 15.9 Å². The minimum Gasteiger partial charge on any atom is -0.443 e. The normalized spacial score (nSPS) is 13.7. The number of ether oxygens (including phenoxy) is 2. The summed E-state index contributed by atoms with van der Waals surface area (Å²) in [7, 11) is 0. The molecule has 168 valence electrons. The van der Waals surface area contributed by atoms with E-state index in [2.05, 4.69) is 15.9 Å². The SMILES string of the molecule is O=C(OCc1ccc([N+](=O)[O-])cc1)N1CC(Br)CN1C(=O)OCc1ccc([N+](=O)[O-])cc1. The highest BCUT2D eigenvalue weighted by Gasteiger charge is 2.37. The molecule has 0 N–H and O–H groups in total. The first-order valence-corrected chi connectivity index (χ1v) is 10.2. The van der Waals surface area contributed by atoms with Crippen LogP contribution in [0.3, 0.4) is 0 Å². The zero-order valence-electron chi connectivity index (χ0n) is 16.5. The predicted octanol–water partition coefficient (Wildman–Crippen LogP) is 3.77. The van der Waals surface area contributed by atoms with E-state index < -0.39 is 22.0 Å². The van der Waals surface area contributed by atoms with Crippen LogP contribution in [0.1, 0.15) is 11.1 Å². The number of hydrogen-bond acceptors (Lipinski definition) is 8. The minimum absolute atomic E-state index is 0.0799. The van der Waals surface area contributed by atoms with Gasteiger partial charge < -0.3 is 9.47 Å². The summed E-state index contributed by atoms with van der Waals surface area (Å²) in [5, 5.41) is 23.6. The van der Waals surface area contributed by atoms with Crippen LogP contribution in [0.25, 0.3) is 0 Å². The predicted molar refractivity (Wildman–Crippen MR) is 113 cm³/mol. The van der Waals surface area contributed by atoms with Crippen LogP contribution in [0.15, 0.2) is 48.5 Å². The van der Waals surface area contributed by atoms with Gasteiger partial charge in [0, 0.05) is 24.3 Å². The van der Waals surface area contributed by atoms with Crippen molar-refractivity contribution < 1.29 is 28.9 Å². The van der Waals surface area contributed by atoms with E-state index in [1.54, 1.807) is 0 Å². The van der Waals surface area contributed by atoms with Gasteiger partial charge in [-0.3, -0.25) is 20.2 Å². The van der Waals surface area contributed by atoms with Crippen LogP contribution in [-0.2, 0) is 22.7 Å². The van der Waals surface area contributed by atoms with Gasteiger partial charge in [-0.05, 0) is 35.4 Å². The number of rotatable bonds is 6. The minimum atomic E-state index is -0.780. The Morgan fingerprint density at radius 1 is 0.812 bits per heavy atom. The molecule has 0 atom stereocenters. The van der Waals surface area contributed by atoms with Crippen molar-refractivity contribution in [2.75, 3.05) is 13.1 Å². The molecule has 0 spiro atoms. The van der Waals surface area contributed by atoms with E-state index in [1.807, 2.05) is 0 Å². The van der Waals surface area contributed by atoms with Crippen LogP contribution in [0.5, 0.6) is 0 Å². The number of nitro benzene ring substituents is 2. The van der Waals surface area contributed by atoms with E-state index in [1.165, 1.54) is 48.5 Å². The van der Waals surface area contributed by atoms with Crippen LogP contribution in [0, 0.1) is 20.2 Å². The standard InChI is InChI=1S/C19H17BrN4O8/c20-15-9-21(18(25)31-11-13-1-5-16(6-2-13)23(27)28)22(10-15)19(26)32-12-14-3-7-17(8-4-14)24(29)30/h1-8,15H,9-12H2. The highest BCUT2D eigenvalue weighted by Crippen LogP contribution is 2.21. The molecule has 1 aliphatic heterocycles. The van der Waals surface area contributed by atoms with Crippen molar-refractivity contribution in [3.8, 4) is 0 Å². The second kappa shape index (κ2) is 10.0. The fourth-order valence-electron chi connectivity index (χ4n) is 2.84. The Labute approximate surface area is 189 Å². The van der Waals surface area contributed by atoms with Gasteiger partial charge >= 0.3 is 12.2 Å². The van der Waals surface area contributed by atoms with Crippen molar-refractivity contribution in [1.82, 2.24) is 10.0 Å². The maximum atomic E-state index is 12.5. The lowest BCUT2D eigenvalue weighted by molar-refractivity contribution is -0.385. The molecule has 12 nitrogen and oxygen atoms in total. The summed E-state index contributed by atoms with van der Waals surface area (Å²) in [6, 6.07) is 11.1. The highest BCUT2D eigenvalue weighted by atomic mass is 79.9. The summed E-state index contributed by atoms with van der Waals surface area (Å²) >= 11 is 3.36. The van der Waals surface area contributed by atoms with Crippen LogP contribution in [0.4, 0.5) is 21.0 Å². The average Bonchev–Trinajstić information content (AvgIpc) is 3.18. The number of nitro groups is 2. The molecular weight excluding hydrogens is 492 g/mol. The number of non-ortho nitro benzene ring substituents is 2. The van der Waals surface area contributed by atoms with Gasteiger partial charge in [0.2, 0.25) is 0 Å². The maximum Gasteiger partial charge on any atom is 0.429 e. The van der Waals surface area contributed by atoms with E-state index >= 15 is 0 Å². The molecule has 32 heavy (non-hydrogen) atoms. The number of benzene rings is 2. The summed E-state index contributed by atoms with van der Waals surface area (Å²) in [6.45, 7) is 0.0787. The molecule has 2 aromatic carbocycles. The molecule has 1 saturated heterocycles. The first-order valence-electron chi connectivity index (χ1n) is 9.24. The summed E-state index contributed by atoms with van der Waals surface area (Å²) in [4.78, 5) is 45.1. The number of hydrazine groups is 1. The molecule has 1 heterocycles.